The Morgan fingerprint density at radius 3 is 2.24 bits per heavy atom. The van der Waals surface area contributed by atoms with Gasteiger partial charge in [0.25, 0.3) is 0 Å². The number of unbranched alkanes of at least 4 members (excludes halogenated alkanes) is 1. The molecule has 200 valence electrons. The number of rotatable bonds is 7. The first-order valence-electron chi connectivity index (χ1n) is 12.1. The Balaban J connectivity index is 1.30. The molecule has 1 aliphatic rings. The molecule has 0 N–H and O–H groups in total. The van der Waals surface area contributed by atoms with Crippen molar-refractivity contribution in [2.24, 2.45) is 7.05 Å². The summed E-state index contributed by atoms with van der Waals surface area (Å²) in [5.41, 5.74) is -0.0895. The Morgan fingerprint density at radius 1 is 0.919 bits per heavy atom. The van der Waals surface area contributed by atoms with E-state index in [9.17, 15) is 26.3 Å². The van der Waals surface area contributed by atoms with Crippen molar-refractivity contribution < 1.29 is 26.3 Å². The number of likely N-dealkylation sites (tertiary alicyclic amines) is 1. The number of hydrogen-bond donors (Lipinski definition) is 0. The quantitative estimate of drug-likeness (QED) is 0.272. The van der Waals surface area contributed by atoms with E-state index in [-0.39, 0.29) is 11.1 Å². The Hall–Kier alpha value is -2.95. The summed E-state index contributed by atoms with van der Waals surface area (Å²) < 4.78 is 79.2. The first-order chi connectivity index (χ1) is 17.3. The lowest BCUT2D eigenvalue weighted by atomic mass is 9.81. The van der Waals surface area contributed by atoms with Crippen molar-refractivity contribution in [3.05, 3.63) is 64.7 Å². The van der Waals surface area contributed by atoms with Crippen molar-refractivity contribution in [2.45, 2.75) is 57.3 Å². The molecule has 1 aromatic carbocycles. The average Bonchev–Trinajstić information content (AvgIpc) is 3.39. The summed E-state index contributed by atoms with van der Waals surface area (Å²) in [4.78, 5) is 6.01. The predicted octanol–water partition coefficient (Wildman–Crippen LogP) is 6.21. The second-order valence-electron chi connectivity index (χ2n) is 9.95. The van der Waals surface area contributed by atoms with E-state index >= 15 is 0 Å². The van der Waals surface area contributed by atoms with Crippen LogP contribution in [0.25, 0.3) is 11.4 Å². The first kappa shape index (κ1) is 27.1. The summed E-state index contributed by atoms with van der Waals surface area (Å²) >= 11 is 0. The molecular formula is C26H29F6N5. The van der Waals surface area contributed by atoms with Gasteiger partial charge < -0.3 is 9.47 Å². The fourth-order valence-corrected chi connectivity index (χ4v) is 4.93. The highest BCUT2D eigenvalue weighted by atomic mass is 19.4. The summed E-state index contributed by atoms with van der Waals surface area (Å²) in [6.45, 7) is 6.14. The van der Waals surface area contributed by atoms with E-state index in [0.29, 0.717) is 17.8 Å². The van der Waals surface area contributed by atoms with Crippen LogP contribution in [0.4, 0.5) is 26.3 Å². The van der Waals surface area contributed by atoms with E-state index in [1.54, 1.807) is 23.7 Å². The van der Waals surface area contributed by atoms with Crippen LogP contribution >= 0.6 is 0 Å². The minimum atomic E-state index is -4.50. The molecule has 3 aromatic rings. The van der Waals surface area contributed by atoms with Gasteiger partial charge in [-0.2, -0.15) is 26.3 Å². The smallest absolute Gasteiger partial charge is 0.314 e. The fraction of sp³-hybridized carbons (Fsp3) is 0.500. The van der Waals surface area contributed by atoms with Crippen LogP contribution in [0.15, 0.2) is 36.4 Å². The summed E-state index contributed by atoms with van der Waals surface area (Å²) in [7, 11) is 1.79. The third-order valence-electron chi connectivity index (χ3n) is 7.17. The minimum absolute atomic E-state index is 0.184. The molecule has 5 nitrogen and oxygen atoms in total. The predicted molar refractivity (Wildman–Crippen MR) is 127 cm³/mol. The molecule has 0 unspecified atom stereocenters. The highest BCUT2D eigenvalue weighted by molar-refractivity contribution is 5.58. The van der Waals surface area contributed by atoms with Gasteiger partial charge in [-0.25, -0.2) is 4.98 Å². The highest BCUT2D eigenvalue weighted by Gasteiger charge is 2.36. The lowest BCUT2D eigenvalue weighted by molar-refractivity contribution is -0.141. The molecule has 2 aromatic heterocycles. The first-order valence-corrected chi connectivity index (χ1v) is 12.1. The van der Waals surface area contributed by atoms with Crippen molar-refractivity contribution in [1.29, 1.82) is 0 Å². The van der Waals surface area contributed by atoms with Crippen molar-refractivity contribution in [3.63, 3.8) is 0 Å². The number of pyridine rings is 1. The van der Waals surface area contributed by atoms with Crippen LogP contribution in [-0.2, 0) is 31.2 Å². The molecule has 0 radical (unpaired) electrons. The molecule has 1 atom stereocenters. The number of benzene rings is 1. The normalized spacial score (nSPS) is 19.1. The Bertz CT molecular complexity index is 1230. The van der Waals surface area contributed by atoms with Gasteiger partial charge in [-0.05, 0) is 69.1 Å². The van der Waals surface area contributed by atoms with Gasteiger partial charge in [-0.3, -0.25) is 0 Å². The molecule has 0 amide bonds. The second kappa shape index (κ2) is 10.1. The van der Waals surface area contributed by atoms with E-state index in [0.717, 1.165) is 68.5 Å². The van der Waals surface area contributed by atoms with Crippen molar-refractivity contribution in [1.82, 2.24) is 24.6 Å². The van der Waals surface area contributed by atoms with Crippen LogP contribution in [0.3, 0.4) is 0 Å². The zero-order valence-corrected chi connectivity index (χ0v) is 20.9. The molecule has 0 bridgehead atoms. The standard InChI is InChI=1S/C26H29F6N5/c1-17-20(11-12-21(33-17)26(30,31)32)23-35-34-22(36(23)3)6-4-5-14-37-15-13-24(2,16-37)18-7-9-19(10-8-18)25(27,28)29/h7-12H,4-6,13-16H2,1-3H3/t24-/m0/s1. The molecule has 3 heterocycles. The van der Waals surface area contributed by atoms with Crippen LogP contribution in [0.2, 0.25) is 0 Å². The highest BCUT2D eigenvalue weighted by Crippen LogP contribution is 2.36. The summed E-state index contributed by atoms with van der Waals surface area (Å²) in [5.74, 6) is 1.21. The zero-order valence-electron chi connectivity index (χ0n) is 20.9. The molecule has 1 aliphatic heterocycles. The molecule has 0 aliphatic carbocycles. The summed E-state index contributed by atoms with van der Waals surface area (Å²) in [6, 6.07) is 7.81. The van der Waals surface area contributed by atoms with Crippen LogP contribution in [0, 0.1) is 6.92 Å². The van der Waals surface area contributed by atoms with E-state index in [1.807, 2.05) is 0 Å². The Kier molecular flexibility index (Phi) is 7.38. The second-order valence-corrected chi connectivity index (χ2v) is 9.95. The van der Waals surface area contributed by atoms with Crippen LogP contribution in [-0.4, -0.2) is 44.3 Å². The fourth-order valence-electron chi connectivity index (χ4n) is 4.93. The Morgan fingerprint density at radius 2 is 1.62 bits per heavy atom. The lowest BCUT2D eigenvalue weighted by Gasteiger charge is -2.26. The lowest BCUT2D eigenvalue weighted by Crippen LogP contribution is -2.29. The summed E-state index contributed by atoms with van der Waals surface area (Å²) in [6.07, 6.45) is -5.53. The SMILES string of the molecule is Cc1nc(C(F)(F)F)ccc1-c1nnc(CCCCN2CC[C@](C)(c3ccc(C(F)(F)F)cc3)C2)n1C. The van der Waals surface area contributed by atoms with Crippen molar-refractivity contribution in [3.8, 4) is 11.4 Å². The maximum Gasteiger partial charge on any atom is 0.433 e. The molecule has 37 heavy (non-hydrogen) atoms. The number of halogens is 6. The molecule has 1 saturated heterocycles. The summed E-state index contributed by atoms with van der Waals surface area (Å²) in [5, 5.41) is 8.41. The van der Waals surface area contributed by atoms with Gasteiger partial charge in [0, 0.05) is 36.7 Å². The number of aryl methyl sites for hydroxylation is 2. The van der Waals surface area contributed by atoms with Gasteiger partial charge in [0.2, 0.25) is 0 Å². The van der Waals surface area contributed by atoms with E-state index < -0.39 is 23.6 Å². The maximum absolute atomic E-state index is 12.9. The third-order valence-corrected chi connectivity index (χ3v) is 7.17. The van der Waals surface area contributed by atoms with Gasteiger partial charge >= 0.3 is 12.4 Å². The molecule has 4 rings (SSSR count). The molecular weight excluding hydrogens is 496 g/mol. The monoisotopic (exact) mass is 525 g/mol. The van der Waals surface area contributed by atoms with Gasteiger partial charge in [-0.15, -0.1) is 10.2 Å². The maximum atomic E-state index is 12.9. The zero-order chi connectivity index (χ0) is 27.0. The van der Waals surface area contributed by atoms with Crippen LogP contribution < -0.4 is 0 Å². The van der Waals surface area contributed by atoms with Crippen molar-refractivity contribution in [2.75, 3.05) is 19.6 Å². The van der Waals surface area contributed by atoms with Gasteiger partial charge in [0.15, 0.2) is 5.82 Å². The van der Waals surface area contributed by atoms with Crippen LogP contribution in [0.5, 0.6) is 0 Å². The molecule has 0 saturated carbocycles. The van der Waals surface area contributed by atoms with Gasteiger partial charge in [0.1, 0.15) is 11.5 Å². The van der Waals surface area contributed by atoms with E-state index in [4.69, 9.17) is 0 Å². The van der Waals surface area contributed by atoms with Gasteiger partial charge in [-0.1, -0.05) is 19.1 Å². The Labute approximate surface area is 211 Å². The van der Waals surface area contributed by atoms with E-state index in [2.05, 4.69) is 27.0 Å². The third kappa shape index (κ3) is 5.97. The van der Waals surface area contributed by atoms with Gasteiger partial charge in [0.05, 0.1) is 5.56 Å². The largest absolute Gasteiger partial charge is 0.433 e. The number of hydrogen-bond acceptors (Lipinski definition) is 4. The molecule has 1 fully saturated rings. The number of aromatic nitrogens is 4. The van der Waals surface area contributed by atoms with E-state index in [1.165, 1.54) is 13.0 Å². The number of nitrogens with zero attached hydrogens (tertiary/aromatic N) is 5. The minimum Gasteiger partial charge on any atom is -0.314 e. The average molecular weight is 526 g/mol. The topological polar surface area (TPSA) is 46.8 Å². The van der Waals surface area contributed by atoms with Crippen LogP contribution in [0.1, 0.15) is 54.5 Å². The van der Waals surface area contributed by atoms with Crippen molar-refractivity contribution >= 4 is 0 Å². The number of alkyl halides is 6. The molecule has 11 heteroatoms. The molecule has 0 spiro atoms.